The van der Waals surface area contributed by atoms with Crippen molar-refractivity contribution in [3.8, 4) is 11.8 Å². The van der Waals surface area contributed by atoms with Crippen molar-refractivity contribution < 1.29 is 23.5 Å². The van der Waals surface area contributed by atoms with E-state index in [0.717, 1.165) is 0 Å². The summed E-state index contributed by atoms with van der Waals surface area (Å²) in [6.07, 6.45) is -0.805. The monoisotopic (exact) mass is 262 g/mol. The van der Waals surface area contributed by atoms with E-state index in [9.17, 15) is 9.36 Å². The number of carbonyl (C=O) groups is 1. The van der Waals surface area contributed by atoms with Gasteiger partial charge in [0.2, 0.25) is 5.66 Å². The van der Waals surface area contributed by atoms with Crippen LogP contribution in [-0.4, -0.2) is 28.9 Å². The lowest BCUT2D eigenvalue weighted by atomic mass is 10.4. The third kappa shape index (κ3) is 5.36. The Hall–Kier alpha value is -0.820. The van der Waals surface area contributed by atoms with Crippen molar-refractivity contribution in [3.05, 3.63) is 0 Å². The second kappa shape index (κ2) is 6.80. The second-order valence-corrected chi connectivity index (χ2v) is 6.00. The highest BCUT2D eigenvalue weighted by Gasteiger charge is 2.42. The number of carboxylic acids is 1. The molecule has 98 valence electrons. The Labute approximate surface area is 102 Å². The van der Waals surface area contributed by atoms with Crippen molar-refractivity contribution >= 4 is 13.6 Å². The van der Waals surface area contributed by atoms with Crippen LogP contribution in [0.5, 0.6) is 0 Å². The lowest BCUT2D eigenvalue weighted by Crippen LogP contribution is -2.24. The number of carboxylic acid groups (broad SMARTS) is 1. The number of aliphatic carboxylic acids is 1. The van der Waals surface area contributed by atoms with Crippen LogP contribution >= 0.6 is 7.60 Å². The van der Waals surface area contributed by atoms with Crippen molar-refractivity contribution in [2.24, 2.45) is 0 Å². The van der Waals surface area contributed by atoms with Gasteiger partial charge in [-0.3, -0.25) is 9.36 Å². The fraction of sp³-hybridized carbons (Fsp3) is 0.727. The normalized spacial score (nSPS) is 13.4. The molecule has 0 aliphatic carbocycles. The summed E-state index contributed by atoms with van der Waals surface area (Å²) in [5, 5.41) is 9.03. The van der Waals surface area contributed by atoms with Crippen LogP contribution in [0, 0.1) is 11.8 Å². The molecule has 0 heterocycles. The predicted octanol–water partition coefficient (Wildman–Crippen LogP) is 2.51. The first kappa shape index (κ1) is 16.2. The molecule has 0 bridgehead atoms. The maximum absolute atomic E-state index is 12.4. The smallest absolute Gasteiger partial charge is 0.357 e. The summed E-state index contributed by atoms with van der Waals surface area (Å²) in [7, 11) is -3.79. The van der Waals surface area contributed by atoms with E-state index >= 15 is 0 Å². The highest BCUT2D eigenvalue weighted by atomic mass is 31.2. The van der Waals surface area contributed by atoms with E-state index in [1.165, 1.54) is 6.92 Å². The molecule has 0 aliphatic heterocycles. The summed E-state index contributed by atoms with van der Waals surface area (Å²) in [6, 6.07) is 0. The van der Waals surface area contributed by atoms with Gasteiger partial charge >= 0.3 is 13.6 Å². The zero-order valence-corrected chi connectivity index (χ0v) is 11.7. The third-order valence-electron chi connectivity index (χ3n) is 1.55. The molecule has 0 rings (SSSR count). The maximum Gasteiger partial charge on any atom is 0.357 e. The van der Waals surface area contributed by atoms with Gasteiger partial charge in [-0.1, -0.05) is 5.92 Å². The van der Waals surface area contributed by atoms with E-state index in [4.69, 9.17) is 14.2 Å². The summed E-state index contributed by atoms with van der Waals surface area (Å²) in [4.78, 5) is 11.1. The van der Waals surface area contributed by atoms with Crippen LogP contribution in [0.3, 0.4) is 0 Å². The largest absolute Gasteiger partial charge is 0.480 e. The van der Waals surface area contributed by atoms with Gasteiger partial charge in [0, 0.05) is 0 Å². The lowest BCUT2D eigenvalue weighted by molar-refractivity contribution is -0.135. The molecule has 0 aromatic heterocycles. The number of hydrogen-bond donors (Lipinski definition) is 1. The average molecular weight is 262 g/mol. The first-order valence-electron chi connectivity index (χ1n) is 5.34. The van der Waals surface area contributed by atoms with E-state index in [-0.39, 0.29) is 0 Å². The van der Waals surface area contributed by atoms with Crippen LogP contribution in [0.1, 0.15) is 34.6 Å². The molecule has 6 heteroatoms. The van der Waals surface area contributed by atoms with Crippen LogP contribution in [0.25, 0.3) is 0 Å². The van der Waals surface area contributed by atoms with Gasteiger partial charge in [0.15, 0.2) is 0 Å². The summed E-state index contributed by atoms with van der Waals surface area (Å²) >= 11 is 0. The van der Waals surface area contributed by atoms with Gasteiger partial charge in [0.05, 0.1) is 12.2 Å². The van der Waals surface area contributed by atoms with Gasteiger partial charge < -0.3 is 14.2 Å². The molecule has 17 heavy (non-hydrogen) atoms. The fourth-order valence-corrected chi connectivity index (χ4v) is 3.17. The Balaban J connectivity index is 5.30. The minimum Gasteiger partial charge on any atom is -0.480 e. The van der Waals surface area contributed by atoms with Crippen LogP contribution in [0.2, 0.25) is 0 Å². The van der Waals surface area contributed by atoms with Crippen LogP contribution in [0.4, 0.5) is 0 Å². The molecule has 0 aliphatic rings. The Bertz CT molecular complexity index is 350. The fourth-order valence-electron chi connectivity index (χ4n) is 1.15. The summed E-state index contributed by atoms with van der Waals surface area (Å²) in [5.74, 6) is 3.51. The molecule has 0 radical (unpaired) electrons. The third-order valence-corrected chi connectivity index (χ3v) is 3.96. The molecule has 0 saturated heterocycles. The first-order chi connectivity index (χ1) is 7.73. The van der Waals surface area contributed by atoms with Crippen molar-refractivity contribution in [1.82, 2.24) is 0 Å². The molecule has 1 unspecified atom stereocenters. The van der Waals surface area contributed by atoms with E-state index < -0.39 is 31.4 Å². The Morgan fingerprint density at radius 2 is 1.59 bits per heavy atom. The Kier molecular flexibility index (Phi) is 6.48. The SMILES string of the molecule is CC#CC(C(=O)O)P(=O)(OC(C)C)OC(C)C. The van der Waals surface area contributed by atoms with E-state index in [1.54, 1.807) is 27.7 Å². The molecule has 0 amide bonds. The van der Waals surface area contributed by atoms with E-state index in [2.05, 4.69) is 11.8 Å². The molecule has 0 fully saturated rings. The van der Waals surface area contributed by atoms with Crippen molar-refractivity contribution in [1.29, 1.82) is 0 Å². The van der Waals surface area contributed by atoms with Crippen LogP contribution in [-0.2, 0) is 18.4 Å². The van der Waals surface area contributed by atoms with Gasteiger partial charge in [-0.15, -0.1) is 5.92 Å². The van der Waals surface area contributed by atoms with E-state index in [0.29, 0.717) is 0 Å². The molecule has 0 aromatic rings. The zero-order valence-electron chi connectivity index (χ0n) is 10.8. The average Bonchev–Trinajstić information content (AvgIpc) is 2.10. The molecular weight excluding hydrogens is 243 g/mol. The molecular formula is C11H19O5P. The van der Waals surface area contributed by atoms with Crippen molar-refractivity contribution in [2.75, 3.05) is 0 Å². The zero-order chi connectivity index (χ0) is 13.6. The standard InChI is InChI=1S/C11H19O5P/c1-6-7-10(11(12)13)17(14,15-8(2)3)16-9(4)5/h8-10H,1-5H3,(H,12,13). The summed E-state index contributed by atoms with van der Waals surface area (Å²) in [6.45, 7) is 8.12. The second-order valence-electron chi connectivity index (χ2n) is 3.98. The van der Waals surface area contributed by atoms with Gasteiger partial charge in [0.1, 0.15) is 0 Å². The quantitative estimate of drug-likeness (QED) is 0.588. The molecule has 5 nitrogen and oxygen atoms in total. The topological polar surface area (TPSA) is 72.8 Å². The molecule has 1 N–H and O–H groups in total. The molecule has 0 spiro atoms. The Morgan fingerprint density at radius 3 is 1.82 bits per heavy atom. The van der Waals surface area contributed by atoms with Gasteiger partial charge in [-0.25, -0.2) is 0 Å². The van der Waals surface area contributed by atoms with Crippen LogP contribution in [0.15, 0.2) is 0 Å². The van der Waals surface area contributed by atoms with Crippen molar-refractivity contribution in [3.63, 3.8) is 0 Å². The molecule has 0 aromatic carbocycles. The minimum atomic E-state index is -3.79. The van der Waals surface area contributed by atoms with Gasteiger partial charge in [-0.05, 0) is 34.6 Å². The predicted molar refractivity (Wildman–Crippen MR) is 64.9 cm³/mol. The highest BCUT2D eigenvalue weighted by Crippen LogP contribution is 2.55. The summed E-state index contributed by atoms with van der Waals surface area (Å²) in [5.41, 5.74) is -1.45. The molecule has 1 atom stereocenters. The first-order valence-corrected chi connectivity index (χ1v) is 6.95. The highest BCUT2D eigenvalue weighted by molar-refractivity contribution is 7.56. The van der Waals surface area contributed by atoms with E-state index in [1.807, 2.05) is 0 Å². The molecule has 0 saturated carbocycles. The minimum absolute atomic E-state index is 0.403. The van der Waals surface area contributed by atoms with Crippen LogP contribution < -0.4 is 0 Å². The Morgan fingerprint density at radius 1 is 1.18 bits per heavy atom. The summed E-state index contributed by atoms with van der Waals surface area (Å²) < 4.78 is 22.8. The van der Waals surface area contributed by atoms with Crippen molar-refractivity contribution in [2.45, 2.75) is 52.5 Å². The van der Waals surface area contributed by atoms with Gasteiger partial charge in [0.25, 0.3) is 0 Å². The lowest BCUT2D eigenvalue weighted by Gasteiger charge is -2.24. The number of hydrogen-bond acceptors (Lipinski definition) is 4. The number of rotatable bonds is 6. The van der Waals surface area contributed by atoms with Gasteiger partial charge in [-0.2, -0.15) is 0 Å². The maximum atomic E-state index is 12.4.